The van der Waals surface area contributed by atoms with Gasteiger partial charge in [-0.3, -0.25) is 9.59 Å². The third-order valence-electron chi connectivity index (χ3n) is 8.76. The first-order valence-electron chi connectivity index (χ1n) is 12.7. The Morgan fingerprint density at radius 2 is 1.84 bits per heavy atom. The first-order valence-corrected chi connectivity index (χ1v) is 13.0. The summed E-state index contributed by atoms with van der Waals surface area (Å²) in [4.78, 5) is 28.9. The van der Waals surface area contributed by atoms with Crippen molar-refractivity contribution in [1.29, 1.82) is 0 Å². The Morgan fingerprint density at radius 3 is 2.45 bits per heavy atom. The summed E-state index contributed by atoms with van der Waals surface area (Å²) in [6.07, 6.45) is -4.31. The molecule has 3 aliphatic rings. The topological polar surface area (TPSA) is 60.9 Å². The van der Waals surface area contributed by atoms with Crippen LogP contribution in [0.4, 0.5) is 17.6 Å². The summed E-state index contributed by atoms with van der Waals surface area (Å²) in [6.45, 7) is 0.934. The molecule has 1 N–H and O–H groups in total. The highest BCUT2D eigenvalue weighted by atomic mass is 35.5. The van der Waals surface area contributed by atoms with Crippen LogP contribution < -0.4 is 0 Å². The van der Waals surface area contributed by atoms with Gasteiger partial charge in [-0.1, -0.05) is 41.9 Å². The minimum Gasteiger partial charge on any atom is -0.383 e. The summed E-state index contributed by atoms with van der Waals surface area (Å²) in [7, 11) is 1.50. The summed E-state index contributed by atoms with van der Waals surface area (Å²) in [5.74, 6) is -0.732. The average Bonchev–Trinajstić information content (AvgIpc) is 3.37. The van der Waals surface area contributed by atoms with E-state index in [1.807, 2.05) is 12.1 Å². The minimum absolute atomic E-state index is 0.0219. The number of alkyl halides is 4. The predicted molar refractivity (Wildman–Crippen MR) is 133 cm³/mol. The SMILES string of the molecule is CN1C(=O)[C@@H](O)C[C@H]1C(=O)N1CCC2(Cc3ccc(Cl)cc3)c3ccc(C(C)(F)C(F)(F)F)cc3CCC12. The highest BCUT2D eigenvalue weighted by Crippen LogP contribution is 2.51. The maximum atomic E-state index is 14.8. The van der Waals surface area contributed by atoms with E-state index in [0.717, 1.165) is 11.1 Å². The molecule has 2 amide bonds. The molecule has 3 unspecified atom stereocenters. The molecule has 2 fully saturated rings. The zero-order chi connectivity index (χ0) is 27.6. The van der Waals surface area contributed by atoms with Crippen molar-refractivity contribution in [2.75, 3.05) is 13.6 Å². The zero-order valence-electron chi connectivity index (χ0n) is 21.1. The van der Waals surface area contributed by atoms with Gasteiger partial charge in [0.1, 0.15) is 12.1 Å². The van der Waals surface area contributed by atoms with Crippen LogP contribution in [0.1, 0.15) is 48.4 Å². The van der Waals surface area contributed by atoms with Crippen molar-refractivity contribution in [1.82, 2.24) is 9.80 Å². The minimum atomic E-state index is -5.05. The fourth-order valence-electron chi connectivity index (χ4n) is 6.57. The van der Waals surface area contributed by atoms with Gasteiger partial charge in [0, 0.05) is 36.5 Å². The van der Waals surface area contributed by atoms with E-state index < -0.39 is 40.9 Å². The van der Waals surface area contributed by atoms with E-state index in [1.54, 1.807) is 23.1 Å². The Kier molecular flexibility index (Phi) is 6.54. The van der Waals surface area contributed by atoms with Gasteiger partial charge in [0.15, 0.2) is 0 Å². The van der Waals surface area contributed by atoms with E-state index in [2.05, 4.69) is 0 Å². The van der Waals surface area contributed by atoms with Gasteiger partial charge in [0.05, 0.1) is 0 Å². The smallest absolute Gasteiger partial charge is 0.383 e. The van der Waals surface area contributed by atoms with Crippen molar-refractivity contribution in [3.8, 4) is 0 Å². The van der Waals surface area contributed by atoms with E-state index in [-0.39, 0.29) is 18.4 Å². The first-order chi connectivity index (χ1) is 17.8. The normalized spacial score (nSPS) is 28.7. The third-order valence-corrected chi connectivity index (χ3v) is 9.02. The van der Waals surface area contributed by atoms with E-state index in [1.165, 1.54) is 24.1 Å². The van der Waals surface area contributed by atoms with Crippen LogP contribution in [0.25, 0.3) is 0 Å². The molecule has 0 radical (unpaired) electrons. The molecule has 204 valence electrons. The van der Waals surface area contributed by atoms with Gasteiger partial charge in [0.25, 0.3) is 5.91 Å². The molecule has 2 aliphatic heterocycles. The molecular formula is C28H29ClF4N2O3. The highest BCUT2D eigenvalue weighted by molar-refractivity contribution is 6.30. The quantitative estimate of drug-likeness (QED) is 0.559. The molecule has 2 heterocycles. The summed E-state index contributed by atoms with van der Waals surface area (Å²) < 4.78 is 55.2. The zero-order valence-corrected chi connectivity index (χ0v) is 21.8. The number of fused-ring (bicyclic) bond motifs is 3. The van der Waals surface area contributed by atoms with Crippen molar-refractivity contribution in [3.05, 3.63) is 69.7 Å². The molecule has 2 saturated heterocycles. The van der Waals surface area contributed by atoms with Crippen molar-refractivity contribution < 1.29 is 32.3 Å². The Balaban J connectivity index is 1.55. The molecule has 0 saturated carbocycles. The molecule has 0 aromatic heterocycles. The van der Waals surface area contributed by atoms with Crippen LogP contribution in [0, 0.1) is 0 Å². The highest BCUT2D eigenvalue weighted by Gasteiger charge is 2.56. The maximum absolute atomic E-state index is 14.8. The van der Waals surface area contributed by atoms with Gasteiger partial charge in [-0.2, -0.15) is 13.2 Å². The molecule has 5 atom stereocenters. The number of halogens is 5. The molecule has 1 aliphatic carbocycles. The van der Waals surface area contributed by atoms with Gasteiger partial charge in [-0.15, -0.1) is 0 Å². The molecule has 2 aromatic carbocycles. The van der Waals surface area contributed by atoms with Crippen LogP contribution in [0.2, 0.25) is 5.02 Å². The van der Waals surface area contributed by atoms with Crippen molar-refractivity contribution in [2.45, 2.75) is 74.5 Å². The number of hydrogen-bond acceptors (Lipinski definition) is 3. The monoisotopic (exact) mass is 552 g/mol. The van der Waals surface area contributed by atoms with Gasteiger partial charge in [-0.25, -0.2) is 4.39 Å². The Hall–Kier alpha value is -2.65. The molecule has 10 heteroatoms. The molecule has 2 aromatic rings. The number of hydrogen-bond donors (Lipinski definition) is 1. The second kappa shape index (κ2) is 9.23. The number of aryl methyl sites for hydroxylation is 1. The van der Waals surface area contributed by atoms with E-state index >= 15 is 0 Å². The second-order valence-corrected chi connectivity index (χ2v) is 11.3. The lowest BCUT2D eigenvalue weighted by Crippen LogP contribution is -2.53. The molecule has 0 spiro atoms. The van der Waals surface area contributed by atoms with Crippen LogP contribution in [0.3, 0.4) is 0 Å². The van der Waals surface area contributed by atoms with E-state index in [4.69, 9.17) is 11.6 Å². The van der Waals surface area contributed by atoms with Gasteiger partial charge >= 0.3 is 6.18 Å². The number of rotatable bonds is 4. The Labute approximate surface area is 223 Å². The van der Waals surface area contributed by atoms with E-state index in [0.29, 0.717) is 49.7 Å². The standard InChI is InChI=1S/C28H29ClF4N2O3/c1-26(30,28(31,32)33)18-6-9-20-17(13-18)5-10-23-27(20,15-16-3-7-19(29)8-4-16)11-12-35(23)24(37)21-14-22(36)25(38)34(21)2/h3-4,6-9,13,21-23,36H,5,10-12,14-15H2,1-2H3/t21-,22-,23?,26?,27?/m0/s1. The number of aliphatic hydroxyl groups excluding tert-OH is 1. The number of benzene rings is 2. The van der Waals surface area contributed by atoms with Crippen LogP contribution >= 0.6 is 11.6 Å². The summed E-state index contributed by atoms with van der Waals surface area (Å²) in [5.41, 5.74) is -2.11. The van der Waals surface area contributed by atoms with Gasteiger partial charge < -0.3 is 14.9 Å². The predicted octanol–water partition coefficient (Wildman–Crippen LogP) is 4.71. The molecule has 38 heavy (non-hydrogen) atoms. The lowest BCUT2D eigenvalue weighted by molar-refractivity contribution is -0.228. The number of nitrogens with zero attached hydrogens (tertiary/aromatic N) is 2. The molecule has 0 bridgehead atoms. The number of carbonyl (C=O) groups excluding carboxylic acids is 2. The van der Waals surface area contributed by atoms with Crippen molar-refractivity contribution >= 4 is 23.4 Å². The molecule has 5 rings (SSSR count). The largest absolute Gasteiger partial charge is 0.426 e. The van der Waals surface area contributed by atoms with Crippen molar-refractivity contribution in [3.63, 3.8) is 0 Å². The number of amides is 2. The van der Waals surface area contributed by atoms with Crippen molar-refractivity contribution in [2.24, 2.45) is 0 Å². The summed E-state index contributed by atoms with van der Waals surface area (Å²) in [6, 6.07) is 10.4. The molecule has 5 nitrogen and oxygen atoms in total. The van der Waals surface area contributed by atoms with Gasteiger partial charge in [0.2, 0.25) is 11.6 Å². The fraction of sp³-hybridized carbons (Fsp3) is 0.500. The number of likely N-dealkylation sites (tertiary alicyclic amines) is 2. The average molecular weight is 553 g/mol. The first kappa shape index (κ1) is 26.9. The van der Waals surface area contributed by atoms with Crippen LogP contribution in [-0.4, -0.2) is 64.7 Å². The van der Waals surface area contributed by atoms with Crippen LogP contribution in [0.15, 0.2) is 42.5 Å². The number of aliphatic hydroxyl groups is 1. The van der Waals surface area contributed by atoms with Gasteiger partial charge in [-0.05, 0) is 67.0 Å². The van der Waals surface area contributed by atoms with E-state index in [9.17, 15) is 32.3 Å². The number of carbonyl (C=O) groups is 2. The Bertz CT molecular complexity index is 1270. The summed E-state index contributed by atoms with van der Waals surface area (Å²) >= 11 is 6.08. The maximum Gasteiger partial charge on any atom is 0.426 e. The second-order valence-electron chi connectivity index (χ2n) is 10.9. The molecular weight excluding hydrogens is 524 g/mol. The third kappa shape index (κ3) is 4.18. The Morgan fingerprint density at radius 1 is 1.16 bits per heavy atom. The van der Waals surface area contributed by atoms with Crippen LogP contribution in [0.5, 0.6) is 0 Å². The lowest BCUT2D eigenvalue weighted by atomic mass is 9.63. The summed E-state index contributed by atoms with van der Waals surface area (Å²) in [5, 5.41) is 10.6. The van der Waals surface area contributed by atoms with Crippen LogP contribution in [-0.2, 0) is 33.5 Å². The number of likely N-dealkylation sites (N-methyl/N-ethyl adjacent to an activating group) is 1. The fourth-order valence-corrected chi connectivity index (χ4v) is 6.70. The lowest BCUT2D eigenvalue weighted by Gasteiger charge is -2.44.